The Morgan fingerprint density at radius 3 is 2.81 bits per heavy atom. The van der Waals surface area contributed by atoms with Gasteiger partial charge in [0.2, 0.25) is 0 Å². The van der Waals surface area contributed by atoms with Crippen LogP contribution in [0.2, 0.25) is 0 Å². The van der Waals surface area contributed by atoms with Crippen molar-refractivity contribution in [2.75, 3.05) is 31.7 Å². The average molecular weight is 222 g/mol. The Kier molecular flexibility index (Phi) is 3.69. The van der Waals surface area contributed by atoms with Gasteiger partial charge in [-0.2, -0.15) is 0 Å². The minimum Gasteiger partial charge on any atom is -0.379 e. The standard InChI is InChI=1S/C11H18N4O/c1-3-10-8-11(13-9(2)12-10)14-15-4-6-16-7-5-15/h8H,3-7H2,1-2H3,(H,12,13,14). The van der Waals surface area contributed by atoms with Gasteiger partial charge in [0.15, 0.2) is 0 Å². The van der Waals surface area contributed by atoms with E-state index in [9.17, 15) is 0 Å². The van der Waals surface area contributed by atoms with Crippen LogP contribution < -0.4 is 5.43 Å². The first-order valence-electron chi connectivity index (χ1n) is 5.72. The second-order valence-corrected chi connectivity index (χ2v) is 3.86. The summed E-state index contributed by atoms with van der Waals surface area (Å²) in [6, 6.07) is 2.00. The SMILES string of the molecule is CCc1cc(NN2CCOCC2)nc(C)n1. The van der Waals surface area contributed by atoms with Crippen molar-refractivity contribution >= 4 is 5.82 Å². The lowest BCUT2D eigenvalue weighted by atomic mass is 10.3. The second-order valence-electron chi connectivity index (χ2n) is 3.86. The van der Waals surface area contributed by atoms with Crippen molar-refractivity contribution in [3.8, 4) is 0 Å². The number of nitrogens with zero attached hydrogens (tertiary/aromatic N) is 3. The number of aromatic nitrogens is 2. The largest absolute Gasteiger partial charge is 0.379 e. The zero-order valence-corrected chi connectivity index (χ0v) is 9.86. The highest BCUT2D eigenvalue weighted by Crippen LogP contribution is 2.09. The summed E-state index contributed by atoms with van der Waals surface area (Å²) < 4.78 is 5.29. The number of hydrogen-bond donors (Lipinski definition) is 1. The number of hydrazine groups is 1. The van der Waals surface area contributed by atoms with E-state index in [0.717, 1.165) is 50.1 Å². The summed E-state index contributed by atoms with van der Waals surface area (Å²) in [6.45, 7) is 7.36. The maximum Gasteiger partial charge on any atom is 0.144 e. The van der Waals surface area contributed by atoms with Crippen molar-refractivity contribution in [2.45, 2.75) is 20.3 Å². The molecular weight excluding hydrogens is 204 g/mol. The lowest BCUT2D eigenvalue weighted by Gasteiger charge is -2.27. The number of ether oxygens (including phenoxy) is 1. The van der Waals surface area contributed by atoms with Gasteiger partial charge in [0, 0.05) is 24.8 Å². The van der Waals surface area contributed by atoms with Crippen LogP contribution in [0.5, 0.6) is 0 Å². The Morgan fingerprint density at radius 1 is 1.38 bits per heavy atom. The summed E-state index contributed by atoms with van der Waals surface area (Å²) >= 11 is 0. The summed E-state index contributed by atoms with van der Waals surface area (Å²) in [4.78, 5) is 8.72. The molecule has 5 heteroatoms. The first kappa shape index (κ1) is 11.3. The predicted molar refractivity (Wildman–Crippen MR) is 62.2 cm³/mol. The fraction of sp³-hybridized carbons (Fsp3) is 0.636. The molecule has 0 atom stereocenters. The predicted octanol–water partition coefficient (Wildman–Crippen LogP) is 1.01. The third-order valence-corrected chi connectivity index (χ3v) is 2.54. The molecule has 16 heavy (non-hydrogen) atoms. The Bertz CT molecular complexity index is 350. The van der Waals surface area contributed by atoms with Gasteiger partial charge in [0.25, 0.3) is 0 Å². The van der Waals surface area contributed by atoms with E-state index in [1.807, 2.05) is 13.0 Å². The molecule has 0 unspecified atom stereocenters. The summed E-state index contributed by atoms with van der Waals surface area (Å²) in [6.07, 6.45) is 0.932. The molecule has 0 aliphatic carbocycles. The van der Waals surface area contributed by atoms with Crippen LogP contribution in [0.15, 0.2) is 6.07 Å². The molecule has 1 aliphatic rings. The number of anilines is 1. The van der Waals surface area contributed by atoms with Gasteiger partial charge in [0.05, 0.1) is 13.2 Å². The van der Waals surface area contributed by atoms with E-state index in [1.54, 1.807) is 0 Å². The van der Waals surface area contributed by atoms with E-state index < -0.39 is 0 Å². The average Bonchev–Trinajstić information content (AvgIpc) is 2.29. The molecule has 1 N–H and O–H groups in total. The fourth-order valence-corrected chi connectivity index (χ4v) is 1.71. The number of hydrogen-bond acceptors (Lipinski definition) is 5. The number of morpholine rings is 1. The zero-order chi connectivity index (χ0) is 11.4. The summed E-state index contributed by atoms with van der Waals surface area (Å²) in [5, 5.41) is 2.13. The van der Waals surface area contributed by atoms with Crippen LogP contribution in [0.3, 0.4) is 0 Å². The van der Waals surface area contributed by atoms with E-state index in [-0.39, 0.29) is 0 Å². The third kappa shape index (κ3) is 2.90. The maximum atomic E-state index is 5.29. The molecule has 5 nitrogen and oxygen atoms in total. The number of rotatable bonds is 3. The van der Waals surface area contributed by atoms with Crippen LogP contribution in [-0.2, 0) is 11.2 Å². The zero-order valence-electron chi connectivity index (χ0n) is 9.86. The van der Waals surface area contributed by atoms with Gasteiger partial charge in [-0.3, -0.25) is 0 Å². The minimum atomic E-state index is 0.775. The topological polar surface area (TPSA) is 50.3 Å². The van der Waals surface area contributed by atoms with Crippen molar-refractivity contribution in [2.24, 2.45) is 0 Å². The Balaban J connectivity index is 2.04. The molecule has 2 rings (SSSR count). The molecule has 1 saturated heterocycles. The van der Waals surface area contributed by atoms with Gasteiger partial charge < -0.3 is 10.2 Å². The highest BCUT2D eigenvalue weighted by Gasteiger charge is 2.11. The lowest BCUT2D eigenvalue weighted by molar-refractivity contribution is 0.0495. The Morgan fingerprint density at radius 2 is 2.12 bits per heavy atom. The molecule has 88 valence electrons. The van der Waals surface area contributed by atoms with Gasteiger partial charge in [-0.1, -0.05) is 6.92 Å². The molecule has 0 radical (unpaired) electrons. The summed E-state index contributed by atoms with van der Waals surface area (Å²) in [5.41, 5.74) is 4.37. The number of nitrogens with one attached hydrogen (secondary N) is 1. The molecule has 1 aliphatic heterocycles. The van der Waals surface area contributed by atoms with Crippen molar-refractivity contribution in [1.82, 2.24) is 15.0 Å². The number of aryl methyl sites for hydroxylation is 2. The van der Waals surface area contributed by atoms with E-state index in [1.165, 1.54) is 0 Å². The van der Waals surface area contributed by atoms with Gasteiger partial charge in [-0.25, -0.2) is 15.0 Å². The van der Waals surface area contributed by atoms with Gasteiger partial charge in [0.1, 0.15) is 11.6 Å². The molecule has 1 fully saturated rings. The fourth-order valence-electron chi connectivity index (χ4n) is 1.71. The van der Waals surface area contributed by atoms with Crippen LogP contribution in [0, 0.1) is 6.92 Å². The van der Waals surface area contributed by atoms with Crippen LogP contribution in [0.1, 0.15) is 18.4 Å². The highest BCUT2D eigenvalue weighted by molar-refractivity contribution is 5.35. The van der Waals surface area contributed by atoms with Gasteiger partial charge in [-0.05, 0) is 13.3 Å². The van der Waals surface area contributed by atoms with Crippen molar-refractivity contribution in [3.05, 3.63) is 17.6 Å². The van der Waals surface area contributed by atoms with E-state index in [4.69, 9.17) is 4.74 Å². The van der Waals surface area contributed by atoms with Crippen molar-refractivity contribution in [3.63, 3.8) is 0 Å². The molecule has 0 saturated carbocycles. The quantitative estimate of drug-likeness (QED) is 0.827. The Hall–Kier alpha value is -1.20. The molecule has 1 aromatic rings. The first-order valence-corrected chi connectivity index (χ1v) is 5.72. The highest BCUT2D eigenvalue weighted by atomic mass is 16.5. The van der Waals surface area contributed by atoms with E-state index in [0.29, 0.717) is 0 Å². The van der Waals surface area contributed by atoms with Crippen molar-refractivity contribution < 1.29 is 4.74 Å². The molecule has 0 spiro atoms. The van der Waals surface area contributed by atoms with E-state index >= 15 is 0 Å². The minimum absolute atomic E-state index is 0.775. The summed E-state index contributed by atoms with van der Waals surface area (Å²) in [7, 11) is 0. The van der Waals surface area contributed by atoms with Gasteiger partial charge >= 0.3 is 0 Å². The summed E-state index contributed by atoms with van der Waals surface area (Å²) in [5.74, 6) is 1.70. The smallest absolute Gasteiger partial charge is 0.144 e. The first-order chi connectivity index (χ1) is 7.78. The third-order valence-electron chi connectivity index (χ3n) is 2.54. The van der Waals surface area contributed by atoms with Crippen molar-refractivity contribution in [1.29, 1.82) is 0 Å². The van der Waals surface area contributed by atoms with Crippen LogP contribution >= 0.6 is 0 Å². The molecule has 0 amide bonds. The molecular formula is C11H18N4O. The molecule has 0 bridgehead atoms. The van der Waals surface area contributed by atoms with Crippen LogP contribution in [-0.4, -0.2) is 41.3 Å². The lowest BCUT2D eigenvalue weighted by Crippen LogP contribution is -2.40. The monoisotopic (exact) mass is 222 g/mol. The Labute approximate surface area is 95.8 Å². The molecule has 0 aromatic carbocycles. The van der Waals surface area contributed by atoms with Gasteiger partial charge in [-0.15, -0.1) is 0 Å². The molecule has 2 heterocycles. The van der Waals surface area contributed by atoms with Crippen LogP contribution in [0.4, 0.5) is 5.82 Å². The molecule has 1 aromatic heterocycles. The normalized spacial score (nSPS) is 17.4. The van der Waals surface area contributed by atoms with E-state index in [2.05, 4.69) is 27.3 Å². The second kappa shape index (κ2) is 5.23. The van der Waals surface area contributed by atoms with Crippen LogP contribution in [0.25, 0.3) is 0 Å². The maximum absolute atomic E-state index is 5.29.